The third-order valence-corrected chi connectivity index (χ3v) is 7.91. The fourth-order valence-electron chi connectivity index (χ4n) is 5.92. The third-order valence-electron chi connectivity index (χ3n) is 7.91. The molecule has 0 amide bonds. The van der Waals surface area contributed by atoms with E-state index in [2.05, 4.69) is 133 Å². The predicted molar refractivity (Wildman–Crippen MR) is 168 cm³/mol. The Hall–Kier alpha value is -5.08. The van der Waals surface area contributed by atoms with Crippen molar-refractivity contribution in [1.29, 1.82) is 0 Å². The van der Waals surface area contributed by atoms with E-state index in [1.807, 2.05) is 24.7 Å². The second kappa shape index (κ2) is 9.91. The zero-order valence-corrected chi connectivity index (χ0v) is 22.6. The van der Waals surface area contributed by atoms with Crippen molar-refractivity contribution in [2.45, 2.75) is 13.8 Å². The molecule has 0 aliphatic rings. The molecule has 0 radical (unpaired) electrons. The fraction of sp³-hybridized carbons (Fsp3) is 0.0526. The van der Waals surface area contributed by atoms with Gasteiger partial charge in [-0.15, -0.1) is 0 Å². The first kappa shape index (κ1) is 24.0. The Morgan fingerprint density at radius 2 is 0.925 bits per heavy atom. The Labute approximate surface area is 234 Å². The summed E-state index contributed by atoms with van der Waals surface area (Å²) in [6.07, 6.45) is 5.66. The van der Waals surface area contributed by atoms with Gasteiger partial charge in [0.15, 0.2) is 0 Å². The highest BCUT2D eigenvalue weighted by Crippen LogP contribution is 2.44. The van der Waals surface area contributed by atoms with Gasteiger partial charge in [0.05, 0.1) is 5.69 Å². The van der Waals surface area contributed by atoms with Gasteiger partial charge in [0.1, 0.15) is 0 Å². The van der Waals surface area contributed by atoms with Gasteiger partial charge >= 0.3 is 0 Å². The van der Waals surface area contributed by atoms with Gasteiger partial charge in [-0.25, -0.2) is 0 Å². The molecule has 0 unspecified atom stereocenters. The molecule has 190 valence electrons. The van der Waals surface area contributed by atoms with Crippen LogP contribution in [0.15, 0.2) is 134 Å². The van der Waals surface area contributed by atoms with Crippen LogP contribution >= 0.6 is 0 Å². The molecule has 5 aromatic carbocycles. The van der Waals surface area contributed by atoms with Crippen LogP contribution in [0.25, 0.3) is 66.2 Å². The van der Waals surface area contributed by atoms with Crippen molar-refractivity contribution in [2.24, 2.45) is 0 Å². The van der Waals surface area contributed by atoms with Crippen molar-refractivity contribution in [2.75, 3.05) is 0 Å². The minimum atomic E-state index is 1.03. The maximum Gasteiger partial charge on any atom is 0.0731 e. The molecule has 2 aromatic heterocycles. The number of pyridine rings is 2. The Kier molecular flexibility index (Phi) is 5.94. The molecule has 2 heterocycles. The van der Waals surface area contributed by atoms with Crippen LogP contribution in [0.3, 0.4) is 0 Å². The number of hydrogen-bond donors (Lipinski definition) is 0. The van der Waals surface area contributed by atoms with Crippen LogP contribution in [0.5, 0.6) is 0 Å². The first-order valence-corrected chi connectivity index (χ1v) is 13.7. The lowest BCUT2D eigenvalue weighted by molar-refractivity contribution is 1.27. The monoisotopic (exact) mass is 512 g/mol. The van der Waals surface area contributed by atoms with Crippen LogP contribution in [0.4, 0.5) is 0 Å². The molecule has 7 aromatic rings. The van der Waals surface area contributed by atoms with Crippen molar-refractivity contribution in [3.63, 3.8) is 0 Å². The maximum absolute atomic E-state index is 4.62. The summed E-state index contributed by atoms with van der Waals surface area (Å²) in [5.41, 5.74) is 11.9. The molecule has 0 saturated heterocycles. The number of fused-ring (bicyclic) bond motifs is 2. The Bertz CT molecular complexity index is 1800. The van der Waals surface area contributed by atoms with Gasteiger partial charge in [-0.1, -0.05) is 103 Å². The summed E-state index contributed by atoms with van der Waals surface area (Å²) in [5.74, 6) is 0. The molecule has 0 fully saturated rings. The minimum absolute atomic E-state index is 1.03. The van der Waals surface area contributed by atoms with Crippen molar-refractivity contribution in [1.82, 2.24) is 9.97 Å². The van der Waals surface area contributed by atoms with Gasteiger partial charge in [-0.3, -0.25) is 9.97 Å². The van der Waals surface area contributed by atoms with E-state index in [0.717, 1.165) is 11.3 Å². The summed E-state index contributed by atoms with van der Waals surface area (Å²) in [6, 6.07) is 41.6. The van der Waals surface area contributed by atoms with Crippen LogP contribution in [0.1, 0.15) is 11.1 Å². The van der Waals surface area contributed by atoms with Crippen LogP contribution in [-0.4, -0.2) is 9.97 Å². The van der Waals surface area contributed by atoms with Crippen LogP contribution < -0.4 is 0 Å². The summed E-state index contributed by atoms with van der Waals surface area (Å²) in [6.45, 7) is 4.25. The highest BCUT2D eigenvalue weighted by atomic mass is 14.7. The van der Waals surface area contributed by atoms with Gasteiger partial charge in [0.25, 0.3) is 0 Å². The average molecular weight is 513 g/mol. The van der Waals surface area contributed by atoms with Gasteiger partial charge in [0, 0.05) is 29.7 Å². The Morgan fingerprint density at radius 1 is 0.425 bits per heavy atom. The second-order valence-electron chi connectivity index (χ2n) is 10.4. The number of aromatic nitrogens is 2. The Balaban J connectivity index is 1.42. The van der Waals surface area contributed by atoms with E-state index in [4.69, 9.17) is 0 Å². The van der Waals surface area contributed by atoms with E-state index in [0.29, 0.717) is 0 Å². The first-order chi connectivity index (χ1) is 19.7. The molecular weight excluding hydrogens is 484 g/mol. The van der Waals surface area contributed by atoms with Gasteiger partial charge in [-0.2, -0.15) is 0 Å². The standard InChI is InChI=1S/C38H28N2/c1-25-21-23-39-24-35(25)27-13-15-28(16-14-27)36-31-9-3-5-11-33(31)37(34-12-6-4-10-32(34)36)29-17-19-30(20-18-29)38-26(2)8-7-22-40-38/h3-24H,1-2H3. The lowest BCUT2D eigenvalue weighted by Crippen LogP contribution is -1.92. The molecule has 0 bridgehead atoms. The van der Waals surface area contributed by atoms with E-state index in [1.165, 1.54) is 66.1 Å². The average Bonchev–Trinajstić information content (AvgIpc) is 3.01. The number of aryl methyl sites for hydroxylation is 2. The van der Waals surface area contributed by atoms with Crippen molar-refractivity contribution < 1.29 is 0 Å². The smallest absolute Gasteiger partial charge is 0.0731 e. The molecule has 7 rings (SSSR count). The molecule has 40 heavy (non-hydrogen) atoms. The van der Waals surface area contributed by atoms with Crippen molar-refractivity contribution >= 4 is 21.5 Å². The summed E-state index contributed by atoms with van der Waals surface area (Å²) >= 11 is 0. The maximum atomic E-state index is 4.62. The third kappa shape index (κ3) is 4.06. The fourth-order valence-corrected chi connectivity index (χ4v) is 5.92. The van der Waals surface area contributed by atoms with Gasteiger partial charge < -0.3 is 0 Å². The molecular formula is C38H28N2. The molecule has 0 aliphatic heterocycles. The minimum Gasteiger partial charge on any atom is -0.264 e. The lowest BCUT2D eigenvalue weighted by atomic mass is 9.85. The van der Waals surface area contributed by atoms with Gasteiger partial charge in [0.2, 0.25) is 0 Å². The van der Waals surface area contributed by atoms with E-state index < -0.39 is 0 Å². The van der Waals surface area contributed by atoms with E-state index in [-0.39, 0.29) is 0 Å². The summed E-state index contributed by atoms with van der Waals surface area (Å²) in [7, 11) is 0. The molecule has 0 N–H and O–H groups in total. The van der Waals surface area contributed by atoms with E-state index >= 15 is 0 Å². The number of benzene rings is 5. The summed E-state index contributed by atoms with van der Waals surface area (Å²) < 4.78 is 0. The van der Waals surface area contributed by atoms with Crippen molar-refractivity contribution in [3.05, 3.63) is 145 Å². The van der Waals surface area contributed by atoms with Crippen LogP contribution in [0, 0.1) is 13.8 Å². The first-order valence-electron chi connectivity index (χ1n) is 13.7. The topological polar surface area (TPSA) is 25.8 Å². The van der Waals surface area contributed by atoms with E-state index in [9.17, 15) is 0 Å². The van der Waals surface area contributed by atoms with Crippen LogP contribution in [-0.2, 0) is 0 Å². The second-order valence-corrected chi connectivity index (χ2v) is 10.4. The zero-order valence-electron chi connectivity index (χ0n) is 22.6. The zero-order chi connectivity index (χ0) is 27.1. The van der Waals surface area contributed by atoms with E-state index in [1.54, 1.807) is 0 Å². The van der Waals surface area contributed by atoms with Crippen LogP contribution in [0.2, 0.25) is 0 Å². The molecule has 0 atom stereocenters. The largest absolute Gasteiger partial charge is 0.264 e. The number of rotatable bonds is 4. The molecule has 0 spiro atoms. The predicted octanol–water partition coefficient (Wildman–Crippen LogP) is 10.1. The van der Waals surface area contributed by atoms with Crippen molar-refractivity contribution in [3.8, 4) is 44.6 Å². The molecule has 0 aliphatic carbocycles. The normalized spacial score (nSPS) is 11.2. The molecule has 0 saturated carbocycles. The quantitative estimate of drug-likeness (QED) is 0.219. The highest BCUT2D eigenvalue weighted by molar-refractivity contribution is 6.21. The van der Waals surface area contributed by atoms with Gasteiger partial charge in [-0.05, 0) is 86.5 Å². The summed E-state index contributed by atoms with van der Waals surface area (Å²) in [5, 5.41) is 5.02. The molecule has 2 nitrogen and oxygen atoms in total. The Morgan fingerprint density at radius 3 is 1.43 bits per heavy atom. The highest BCUT2D eigenvalue weighted by Gasteiger charge is 2.17. The SMILES string of the molecule is Cc1ccncc1-c1ccc(-c2c3ccccc3c(-c3ccc(-c4ncccc4C)cc3)c3ccccc23)cc1. The number of nitrogens with zero attached hydrogens (tertiary/aromatic N) is 2. The number of hydrogen-bond acceptors (Lipinski definition) is 2. The molecule has 2 heteroatoms. The summed E-state index contributed by atoms with van der Waals surface area (Å²) in [4.78, 5) is 8.97. The lowest BCUT2D eigenvalue weighted by Gasteiger charge is -2.18.